The van der Waals surface area contributed by atoms with E-state index in [1.165, 1.54) is 17.7 Å². The topological polar surface area (TPSA) is 32.3 Å². The smallest absolute Gasteiger partial charge is 0.255 e. The van der Waals surface area contributed by atoms with Crippen molar-refractivity contribution >= 4 is 33.2 Å². The minimum Gasteiger partial charge on any atom is -0.339 e. The third kappa shape index (κ3) is 2.60. The van der Waals surface area contributed by atoms with Gasteiger partial charge >= 0.3 is 0 Å². The maximum atomic E-state index is 12.6. The van der Waals surface area contributed by atoms with Crippen LogP contribution in [0.5, 0.6) is 0 Å². The van der Waals surface area contributed by atoms with Gasteiger partial charge in [0.15, 0.2) is 0 Å². The summed E-state index contributed by atoms with van der Waals surface area (Å²) in [6, 6.07) is 3.61. The van der Waals surface area contributed by atoms with Crippen LogP contribution in [0.1, 0.15) is 40.9 Å². The number of thiophene rings is 1. The van der Waals surface area contributed by atoms with Crippen molar-refractivity contribution in [3.8, 4) is 0 Å². The highest BCUT2D eigenvalue weighted by Gasteiger charge is 2.36. The zero-order valence-electron chi connectivity index (χ0n) is 11.3. The van der Waals surface area contributed by atoms with Gasteiger partial charge in [0.25, 0.3) is 5.91 Å². The Balaban J connectivity index is 1.75. The first kappa shape index (κ1) is 13.6. The van der Waals surface area contributed by atoms with Crippen molar-refractivity contribution in [1.29, 1.82) is 0 Å². The summed E-state index contributed by atoms with van der Waals surface area (Å²) in [4.78, 5) is 15.7. The van der Waals surface area contributed by atoms with Gasteiger partial charge in [-0.2, -0.15) is 0 Å². The van der Waals surface area contributed by atoms with Crippen LogP contribution in [0, 0.1) is 6.92 Å². The molecule has 2 aliphatic heterocycles. The van der Waals surface area contributed by atoms with E-state index in [9.17, 15) is 4.79 Å². The summed E-state index contributed by atoms with van der Waals surface area (Å²) in [6.07, 6.45) is 4.73. The highest BCUT2D eigenvalue weighted by atomic mass is 79.9. The van der Waals surface area contributed by atoms with Crippen molar-refractivity contribution in [2.75, 3.05) is 7.05 Å². The molecule has 1 amide bonds. The van der Waals surface area contributed by atoms with Crippen LogP contribution in [0.3, 0.4) is 0 Å². The van der Waals surface area contributed by atoms with Crippen molar-refractivity contribution in [2.24, 2.45) is 0 Å². The van der Waals surface area contributed by atoms with E-state index in [2.05, 4.69) is 21.2 Å². The molecular formula is C14H19BrN2OS. The summed E-state index contributed by atoms with van der Waals surface area (Å²) in [7, 11) is 1.96. The number of hydrogen-bond acceptors (Lipinski definition) is 3. The first-order valence-corrected chi connectivity index (χ1v) is 8.44. The lowest BCUT2D eigenvalue weighted by molar-refractivity contribution is 0.0681. The molecule has 0 saturated carbocycles. The molecule has 104 valence electrons. The Kier molecular flexibility index (Phi) is 3.71. The first-order valence-electron chi connectivity index (χ1n) is 6.83. The Morgan fingerprint density at radius 2 is 2.05 bits per heavy atom. The quantitative estimate of drug-likeness (QED) is 0.895. The monoisotopic (exact) mass is 342 g/mol. The molecule has 0 radical (unpaired) electrons. The number of fused-ring (bicyclic) bond motifs is 2. The average Bonchev–Trinajstić information content (AvgIpc) is 2.89. The Morgan fingerprint density at radius 3 is 2.58 bits per heavy atom. The van der Waals surface area contributed by atoms with E-state index in [4.69, 9.17) is 0 Å². The lowest BCUT2D eigenvalue weighted by Crippen LogP contribution is -2.48. The second-order valence-electron chi connectivity index (χ2n) is 5.72. The summed E-state index contributed by atoms with van der Waals surface area (Å²) in [5, 5.41) is 3.62. The number of hydrogen-bond donors (Lipinski definition) is 1. The van der Waals surface area contributed by atoms with Crippen LogP contribution in [0.15, 0.2) is 9.85 Å². The van der Waals surface area contributed by atoms with Crippen LogP contribution >= 0.6 is 27.3 Å². The van der Waals surface area contributed by atoms with Crippen LogP contribution in [-0.2, 0) is 0 Å². The summed E-state index contributed by atoms with van der Waals surface area (Å²) in [5.41, 5.74) is 0.816. The normalized spacial score (nSPS) is 29.5. The van der Waals surface area contributed by atoms with Crippen molar-refractivity contribution in [2.45, 2.75) is 50.7 Å². The molecule has 1 aromatic rings. The van der Waals surface area contributed by atoms with Gasteiger partial charge < -0.3 is 10.2 Å². The van der Waals surface area contributed by atoms with E-state index in [0.29, 0.717) is 18.1 Å². The summed E-state index contributed by atoms with van der Waals surface area (Å²) in [5.74, 6) is 0.155. The molecular weight excluding hydrogens is 324 g/mol. The molecule has 2 bridgehead atoms. The van der Waals surface area contributed by atoms with E-state index < -0.39 is 0 Å². The molecule has 2 unspecified atom stereocenters. The number of rotatable bonds is 2. The number of piperidine rings is 1. The number of aryl methyl sites for hydroxylation is 1. The zero-order chi connectivity index (χ0) is 13.6. The van der Waals surface area contributed by atoms with Crippen LogP contribution < -0.4 is 5.32 Å². The molecule has 5 heteroatoms. The third-order valence-electron chi connectivity index (χ3n) is 4.36. The molecule has 3 nitrogen and oxygen atoms in total. The molecule has 3 heterocycles. The first-order chi connectivity index (χ1) is 9.04. The minimum atomic E-state index is 0.155. The second-order valence-corrected chi connectivity index (χ2v) is 8.30. The van der Waals surface area contributed by atoms with Crippen molar-refractivity contribution < 1.29 is 4.79 Å². The number of carbonyl (C=O) groups is 1. The molecule has 2 saturated heterocycles. The van der Waals surface area contributed by atoms with E-state index in [1.54, 1.807) is 11.3 Å². The minimum absolute atomic E-state index is 0.155. The fourth-order valence-electron chi connectivity index (χ4n) is 3.33. The fraction of sp³-hybridized carbons (Fsp3) is 0.643. The summed E-state index contributed by atoms with van der Waals surface area (Å²) in [6.45, 7) is 2.04. The molecule has 0 aliphatic carbocycles. The fourth-order valence-corrected chi connectivity index (χ4v) is 5.10. The van der Waals surface area contributed by atoms with Gasteiger partial charge in [-0.3, -0.25) is 4.79 Å². The standard InChI is InChI=1S/C14H19BrN2OS/c1-8-5-12(13(15)19-8)14(18)17(2)11-6-9-3-4-10(7-11)16-9/h5,9-11,16H,3-4,6-7H2,1-2H3. The van der Waals surface area contributed by atoms with Gasteiger partial charge in [0.05, 0.1) is 9.35 Å². The van der Waals surface area contributed by atoms with Gasteiger partial charge in [-0.05, 0) is 54.6 Å². The van der Waals surface area contributed by atoms with Crippen LogP contribution in [0.4, 0.5) is 0 Å². The van der Waals surface area contributed by atoms with Gasteiger partial charge in [0, 0.05) is 30.1 Å². The van der Waals surface area contributed by atoms with Gasteiger partial charge in [-0.15, -0.1) is 11.3 Å². The molecule has 3 rings (SSSR count). The molecule has 2 fully saturated rings. The summed E-state index contributed by atoms with van der Waals surface area (Å²) < 4.78 is 0.957. The molecule has 2 aliphatic rings. The molecule has 1 N–H and O–H groups in total. The maximum absolute atomic E-state index is 12.6. The zero-order valence-corrected chi connectivity index (χ0v) is 13.7. The van der Waals surface area contributed by atoms with Gasteiger partial charge in [0.1, 0.15) is 0 Å². The van der Waals surface area contributed by atoms with E-state index in [0.717, 1.165) is 22.2 Å². The average molecular weight is 343 g/mol. The number of nitrogens with one attached hydrogen (secondary N) is 1. The largest absolute Gasteiger partial charge is 0.339 e. The lowest BCUT2D eigenvalue weighted by atomic mass is 9.98. The van der Waals surface area contributed by atoms with Crippen molar-refractivity contribution in [3.05, 3.63) is 20.3 Å². The van der Waals surface area contributed by atoms with Crippen molar-refractivity contribution in [1.82, 2.24) is 10.2 Å². The Bertz CT molecular complexity index is 490. The molecule has 2 atom stereocenters. The molecule has 19 heavy (non-hydrogen) atoms. The Morgan fingerprint density at radius 1 is 1.42 bits per heavy atom. The number of carbonyl (C=O) groups excluding carboxylic acids is 1. The molecule has 0 aromatic carbocycles. The number of nitrogens with zero attached hydrogens (tertiary/aromatic N) is 1. The van der Waals surface area contributed by atoms with E-state index in [-0.39, 0.29) is 5.91 Å². The highest BCUT2D eigenvalue weighted by molar-refractivity contribution is 9.11. The second kappa shape index (κ2) is 5.19. The van der Waals surface area contributed by atoms with Gasteiger partial charge in [-0.1, -0.05) is 0 Å². The summed E-state index contributed by atoms with van der Waals surface area (Å²) >= 11 is 5.14. The predicted molar refractivity (Wildman–Crippen MR) is 81.8 cm³/mol. The maximum Gasteiger partial charge on any atom is 0.255 e. The number of amides is 1. The van der Waals surface area contributed by atoms with E-state index in [1.807, 2.05) is 24.9 Å². The Labute approximate surface area is 126 Å². The highest BCUT2D eigenvalue weighted by Crippen LogP contribution is 2.32. The SMILES string of the molecule is Cc1cc(C(=O)N(C)C2CC3CCC(C2)N3)c(Br)s1. The van der Waals surface area contributed by atoms with Crippen LogP contribution in [0.25, 0.3) is 0 Å². The van der Waals surface area contributed by atoms with Gasteiger partial charge in [0.2, 0.25) is 0 Å². The third-order valence-corrected chi connectivity index (χ3v) is 6.11. The molecule has 1 aromatic heterocycles. The number of halogens is 1. The van der Waals surface area contributed by atoms with E-state index >= 15 is 0 Å². The predicted octanol–water partition coefficient (Wildman–Crippen LogP) is 3.17. The van der Waals surface area contributed by atoms with Crippen LogP contribution in [0.2, 0.25) is 0 Å². The van der Waals surface area contributed by atoms with Gasteiger partial charge in [-0.25, -0.2) is 0 Å². The lowest BCUT2D eigenvalue weighted by Gasteiger charge is -2.35. The van der Waals surface area contributed by atoms with Crippen molar-refractivity contribution in [3.63, 3.8) is 0 Å². The van der Waals surface area contributed by atoms with Crippen LogP contribution in [-0.4, -0.2) is 36.0 Å². The Hall–Kier alpha value is -0.390. The molecule has 0 spiro atoms.